The van der Waals surface area contributed by atoms with Crippen LogP contribution in [0, 0.1) is 29.1 Å². The molecule has 0 amide bonds. The lowest BCUT2D eigenvalue weighted by atomic mass is 9.70. The fourth-order valence-corrected chi connectivity index (χ4v) is 3.04. The van der Waals surface area contributed by atoms with E-state index in [0.717, 1.165) is 0 Å². The lowest BCUT2D eigenvalue weighted by Gasteiger charge is -2.32. The van der Waals surface area contributed by atoms with Gasteiger partial charge in [-0.1, -0.05) is 60.7 Å². The minimum Gasteiger partial charge on any atom is -0.203 e. The smallest absolute Gasteiger partial charge is 0.200 e. The van der Waals surface area contributed by atoms with Crippen molar-refractivity contribution in [1.29, 1.82) is 0 Å². The van der Waals surface area contributed by atoms with Crippen LogP contribution in [0.2, 0.25) is 0 Å². The summed E-state index contributed by atoms with van der Waals surface area (Å²) in [4.78, 5) is 0. The Hall–Kier alpha value is -2.69. The van der Waals surface area contributed by atoms with Crippen molar-refractivity contribution in [2.45, 2.75) is 12.3 Å². The van der Waals surface area contributed by atoms with E-state index in [1.165, 1.54) is 6.92 Å². The molecule has 0 bridgehead atoms. The van der Waals surface area contributed by atoms with Gasteiger partial charge in [0.2, 0.25) is 5.82 Å². The topological polar surface area (TPSA) is 0 Å². The second-order valence-electron chi connectivity index (χ2n) is 5.80. The van der Waals surface area contributed by atoms with Crippen LogP contribution in [0.15, 0.2) is 60.7 Å². The Morgan fingerprint density at radius 3 is 1.20 bits per heavy atom. The van der Waals surface area contributed by atoms with Crippen LogP contribution in [0.25, 0.3) is 0 Å². The molecule has 0 radical (unpaired) electrons. The van der Waals surface area contributed by atoms with Crippen molar-refractivity contribution in [3.8, 4) is 0 Å². The van der Waals surface area contributed by atoms with Gasteiger partial charge in [0.05, 0.1) is 0 Å². The maximum atomic E-state index is 14.5. The highest BCUT2D eigenvalue weighted by atomic mass is 19.2. The first kappa shape index (κ1) is 17.1. The quantitative estimate of drug-likeness (QED) is 0.245. The second kappa shape index (κ2) is 6.31. The Bertz CT molecular complexity index is 836. The molecule has 0 nitrogen and oxygen atoms in total. The molecule has 0 spiro atoms. The molecule has 128 valence electrons. The van der Waals surface area contributed by atoms with Gasteiger partial charge in [-0.25, -0.2) is 22.0 Å². The van der Waals surface area contributed by atoms with Gasteiger partial charge in [-0.05, 0) is 18.1 Å². The SMILES string of the molecule is CC(c1ccccc1)(c1ccccc1)c1c(F)c(F)c(F)c(F)c1F. The number of hydrogen-bond donors (Lipinski definition) is 0. The minimum absolute atomic E-state index is 0.407. The third-order valence-corrected chi connectivity index (χ3v) is 4.41. The molecule has 3 rings (SSSR count). The van der Waals surface area contributed by atoms with E-state index in [0.29, 0.717) is 11.1 Å². The lowest BCUT2D eigenvalue weighted by Crippen LogP contribution is -2.30. The van der Waals surface area contributed by atoms with Gasteiger partial charge in [0.1, 0.15) is 0 Å². The van der Waals surface area contributed by atoms with Gasteiger partial charge in [-0.3, -0.25) is 0 Å². The van der Waals surface area contributed by atoms with Crippen molar-refractivity contribution in [1.82, 2.24) is 0 Å². The summed E-state index contributed by atoms with van der Waals surface area (Å²) in [6, 6.07) is 16.3. The van der Waals surface area contributed by atoms with E-state index >= 15 is 0 Å². The molecule has 0 aliphatic heterocycles. The van der Waals surface area contributed by atoms with Gasteiger partial charge in [-0.15, -0.1) is 0 Å². The molecule has 0 aliphatic carbocycles. The fraction of sp³-hybridized carbons (Fsp3) is 0.100. The molecule has 0 saturated heterocycles. The third-order valence-electron chi connectivity index (χ3n) is 4.41. The zero-order chi connectivity index (χ0) is 18.2. The zero-order valence-electron chi connectivity index (χ0n) is 13.2. The minimum atomic E-state index is -2.16. The summed E-state index contributed by atoms with van der Waals surface area (Å²) in [6.45, 7) is 1.44. The summed E-state index contributed by atoms with van der Waals surface area (Å²) >= 11 is 0. The molecule has 0 unspecified atom stereocenters. The normalized spacial score (nSPS) is 11.6. The standard InChI is InChI=1S/C20H13F5/c1-20(12-8-4-2-5-9-12,13-10-6-3-7-11-13)14-15(21)17(23)19(25)18(24)16(14)22/h2-11H,1H3. The van der Waals surface area contributed by atoms with Crippen LogP contribution < -0.4 is 0 Å². The predicted octanol–water partition coefficient (Wildman–Crippen LogP) is 5.74. The Balaban J connectivity index is 2.44. The Labute approximate surface area is 141 Å². The molecule has 0 saturated carbocycles. The van der Waals surface area contributed by atoms with E-state index in [2.05, 4.69) is 0 Å². The highest BCUT2D eigenvalue weighted by Crippen LogP contribution is 2.42. The van der Waals surface area contributed by atoms with E-state index in [1.54, 1.807) is 60.7 Å². The van der Waals surface area contributed by atoms with Gasteiger partial charge < -0.3 is 0 Å². The molecule has 0 heterocycles. The zero-order valence-corrected chi connectivity index (χ0v) is 13.2. The molecule has 0 aliphatic rings. The lowest BCUT2D eigenvalue weighted by molar-refractivity contribution is 0.360. The average Bonchev–Trinajstić information content (AvgIpc) is 2.66. The summed E-state index contributed by atoms with van der Waals surface area (Å²) in [5.41, 5.74) is -1.62. The summed E-state index contributed by atoms with van der Waals surface area (Å²) < 4.78 is 70.2. The van der Waals surface area contributed by atoms with E-state index in [1.807, 2.05) is 0 Å². The van der Waals surface area contributed by atoms with Crippen molar-refractivity contribution in [3.05, 3.63) is 106 Å². The van der Waals surface area contributed by atoms with Gasteiger partial charge >= 0.3 is 0 Å². The summed E-state index contributed by atoms with van der Waals surface area (Å²) in [5.74, 6) is -9.72. The van der Waals surface area contributed by atoms with Crippen molar-refractivity contribution in [3.63, 3.8) is 0 Å². The van der Waals surface area contributed by atoms with Crippen LogP contribution in [-0.4, -0.2) is 0 Å². The van der Waals surface area contributed by atoms with Crippen LogP contribution >= 0.6 is 0 Å². The maximum absolute atomic E-state index is 14.5. The summed E-state index contributed by atoms with van der Waals surface area (Å²) in [6.07, 6.45) is 0. The molecular formula is C20H13F5. The van der Waals surface area contributed by atoms with Crippen LogP contribution in [0.5, 0.6) is 0 Å². The largest absolute Gasteiger partial charge is 0.203 e. The van der Waals surface area contributed by atoms with Gasteiger partial charge in [0.25, 0.3) is 0 Å². The summed E-state index contributed by atoms with van der Waals surface area (Å²) in [5, 5.41) is 0. The maximum Gasteiger partial charge on any atom is 0.200 e. The van der Waals surface area contributed by atoms with Gasteiger partial charge in [0, 0.05) is 11.0 Å². The number of halogens is 5. The first-order valence-electron chi connectivity index (χ1n) is 7.52. The predicted molar refractivity (Wildman–Crippen MR) is 84.7 cm³/mol. The molecule has 0 fully saturated rings. The number of hydrogen-bond acceptors (Lipinski definition) is 0. The van der Waals surface area contributed by atoms with Crippen LogP contribution in [-0.2, 0) is 5.41 Å². The molecule has 0 N–H and O–H groups in total. The monoisotopic (exact) mass is 348 g/mol. The fourth-order valence-electron chi connectivity index (χ4n) is 3.04. The number of benzene rings is 3. The van der Waals surface area contributed by atoms with Crippen LogP contribution in [0.1, 0.15) is 23.6 Å². The number of rotatable bonds is 3. The summed E-state index contributed by atoms with van der Waals surface area (Å²) in [7, 11) is 0. The van der Waals surface area contributed by atoms with E-state index < -0.39 is 40.1 Å². The molecule has 3 aromatic carbocycles. The van der Waals surface area contributed by atoms with Crippen molar-refractivity contribution in [2.75, 3.05) is 0 Å². The van der Waals surface area contributed by atoms with E-state index in [-0.39, 0.29) is 0 Å². The highest BCUT2D eigenvalue weighted by molar-refractivity contribution is 5.50. The molecule has 5 heteroatoms. The molecule has 3 aromatic rings. The van der Waals surface area contributed by atoms with Crippen molar-refractivity contribution >= 4 is 0 Å². The highest BCUT2D eigenvalue weighted by Gasteiger charge is 2.40. The molecule has 0 atom stereocenters. The van der Waals surface area contributed by atoms with E-state index in [9.17, 15) is 22.0 Å². The second-order valence-corrected chi connectivity index (χ2v) is 5.80. The van der Waals surface area contributed by atoms with Gasteiger partial charge in [-0.2, -0.15) is 0 Å². The Morgan fingerprint density at radius 1 is 0.520 bits per heavy atom. The van der Waals surface area contributed by atoms with Gasteiger partial charge in [0.15, 0.2) is 23.3 Å². The van der Waals surface area contributed by atoms with Crippen molar-refractivity contribution < 1.29 is 22.0 Å². The van der Waals surface area contributed by atoms with E-state index in [4.69, 9.17) is 0 Å². The van der Waals surface area contributed by atoms with Crippen LogP contribution in [0.4, 0.5) is 22.0 Å². The Kier molecular flexibility index (Phi) is 4.33. The third kappa shape index (κ3) is 2.60. The molecular weight excluding hydrogens is 335 g/mol. The molecule has 0 aromatic heterocycles. The molecule has 25 heavy (non-hydrogen) atoms. The first-order valence-corrected chi connectivity index (χ1v) is 7.52. The van der Waals surface area contributed by atoms with Crippen LogP contribution in [0.3, 0.4) is 0 Å². The first-order chi connectivity index (χ1) is 11.9. The average molecular weight is 348 g/mol. The Morgan fingerprint density at radius 2 is 0.840 bits per heavy atom. The van der Waals surface area contributed by atoms with Crippen molar-refractivity contribution in [2.24, 2.45) is 0 Å².